The summed E-state index contributed by atoms with van der Waals surface area (Å²) < 4.78 is 0. The third kappa shape index (κ3) is 2.66. The Hall–Kier alpha value is -0.240. The number of nitrogens with zero attached hydrogens (tertiary/aromatic N) is 1. The summed E-state index contributed by atoms with van der Waals surface area (Å²) in [5.74, 6) is 0. The molecule has 1 nitrogen and oxygen atoms in total. The van der Waals surface area contributed by atoms with Gasteiger partial charge in [0, 0.05) is 22.6 Å². The van der Waals surface area contributed by atoms with Crippen molar-refractivity contribution in [2.45, 2.75) is 19.4 Å². The first-order valence-electron chi connectivity index (χ1n) is 5.18. The van der Waals surface area contributed by atoms with E-state index in [1.165, 1.54) is 12.0 Å². The average molecular weight is 243 g/mol. The van der Waals surface area contributed by atoms with E-state index in [0.717, 1.165) is 13.1 Å². The molecule has 0 saturated carbocycles. The van der Waals surface area contributed by atoms with Crippen molar-refractivity contribution < 1.29 is 0 Å². The first-order valence-corrected chi connectivity index (χ1v) is 5.94. The molecule has 0 aliphatic carbocycles. The molecule has 15 heavy (non-hydrogen) atoms. The normalized spacial score (nSPS) is 19.4. The van der Waals surface area contributed by atoms with Gasteiger partial charge in [0.1, 0.15) is 0 Å². The Morgan fingerprint density at radius 3 is 2.40 bits per heavy atom. The van der Waals surface area contributed by atoms with Crippen LogP contribution in [-0.4, -0.2) is 18.0 Å². The molecule has 1 aromatic rings. The van der Waals surface area contributed by atoms with E-state index in [4.69, 9.17) is 23.2 Å². The first-order chi connectivity index (χ1) is 7.16. The molecule has 1 saturated heterocycles. The monoisotopic (exact) mass is 242 g/mol. The summed E-state index contributed by atoms with van der Waals surface area (Å²) in [4.78, 5) is 2.42. The maximum Gasteiger partial charge on any atom is 0.0424 e. The second-order valence-corrected chi connectivity index (χ2v) is 4.82. The van der Waals surface area contributed by atoms with Crippen molar-refractivity contribution in [2.24, 2.45) is 0 Å². The molecule has 0 spiro atoms. The van der Waals surface area contributed by atoms with Crippen LogP contribution in [0.25, 0.3) is 0 Å². The van der Waals surface area contributed by atoms with Gasteiger partial charge in [0.25, 0.3) is 0 Å². The second-order valence-electron chi connectivity index (χ2n) is 3.95. The van der Waals surface area contributed by atoms with Crippen molar-refractivity contribution in [3.05, 3.63) is 40.2 Å². The minimum atomic E-state index is 0.389. The molecule has 1 aliphatic heterocycles. The van der Waals surface area contributed by atoms with Gasteiger partial charge in [0.2, 0.25) is 0 Å². The van der Waals surface area contributed by atoms with Gasteiger partial charge in [0.05, 0.1) is 0 Å². The fourth-order valence-electron chi connectivity index (χ4n) is 1.98. The minimum Gasteiger partial charge on any atom is -0.296 e. The zero-order chi connectivity index (χ0) is 10.8. The van der Waals surface area contributed by atoms with Crippen molar-refractivity contribution >= 4 is 23.2 Å². The van der Waals surface area contributed by atoms with Crippen LogP contribution in [0, 0.1) is 6.42 Å². The van der Waals surface area contributed by atoms with Gasteiger partial charge in [-0.05, 0) is 50.1 Å². The number of halogens is 2. The number of hydrogen-bond acceptors (Lipinski definition) is 1. The summed E-state index contributed by atoms with van der Waals surface area (Å²) in [5, 5.41) is 1.43. The Labute approximate surface area is 101 Å². The zero-order valence-electron chi connectivity index (χ0n) is 8.71. The SMILES string of the molecule is C[C@@H](c1cc(Cl)cc(Cl)c1)N1C[CH]CC1. The highest BCUT2D eigenvalue weighted by atomic mass is 35.5. The molecule has 0 N–H and O–H groups in total. The van der Waals surface area contributed by atoms with Crippen molar-refractivity contribution in [3.63, 3.8) is 0 Å². The Morgan fingerprint density at radius 1 is 1.20 bits per heavy atom. The zero-order valence-corrected chi connectivity index (χ0v) is 10.2. The van der Waals surface area contributed by atoms with Gasteiger partial charge >= 0.3 is 0 Å². The lowest BCUT2D eigenvalue weighted by Gasteiger charge is -2.24. The van der Waals surface area contributed by atoms with Crippen molar-refractivity contribution in [2.75, 3.05) is 13.1 Å². The van der Waals surface area contributed by atoms with Crippen LogP contribution in [0.15, 0.2) is 18.2 Å². The molecule has 1 aliphatic rings. The Morgan fingerprint density at radius 2 is 1.87 bits per heavy atom. The van der Waals surface area contributed by atoms with E-state index in [1.807, 2.05) is 12.1 Å². The molecule has 1 atom stereocenters. The van der Waals surface area contributed by atoms with Crippen LogP contribution in [0.1, 0.15) is 24.9 Å². The standard InChI is InChI=1S/C12H14Cl2N/c1-9(15-4-2-3-5-15)10-6-11(13)8-12(14)7-10/h2,6-9H,3-5H2,1H3/t9-/m0/s1. The molecule has 1 radical (unpaired) electrons. The summed E-state index contributed by atoms with van der Waals surface area (Å²) in [6.07, 6.45) is 3.49. The van der Waals surface area contributed by atoms with Gasteiger partial charge in [-0.3, -0.25) is 4.90 Å². The maximum atomic E-state index is 5.99. The average Bonchev–Trinajstić information content (AvgIpc) is 2.67. The number of rotatable bonds is 2. The molecule has 1 aromatic carbocycles. The van der Waals surface area contributed by atoms with Crippen molar-refractivity contribution in [1.29, 1.82) is 0 Å². The summed E-state index contributed by atoms with van der Waals surface area (Å²) in [5.41, 5.74) is 1.20. The van der Waals surface area contributed by atoms with Gasteiger partial charge in [-0.25, -0.2) is 0 Å². The lowest BCUT2D eigenvalue weighted by Crippen LogP contribution is -2.23. The lowest BCUT2D eigenvalue weighted by molar-refractivity contribution is 0.268. The van der Waals surface area contributed by atoms with E-state index in [2.05, 4.69) is 18.2 Å². The number of likely N-dealkylation sites (tertiary alicyclic amines) is 1. The fraction of sp³-hybridized carbons (Fsp3) is 0.417. The van der Waals surface area contributed by atoms with Crippen LogP contribution in [0.3, 0.4) is 0 Å². The number of hydrogen-bond donors (Lipinski definition) is 0. The van der Waals surface area contributed by atoms with E-state index in [-0.39, 0.29) is 0 Å². The minimum absolute atomic E-state index is 0.389. The summed E-state index contributed by atoms with van der Waals surface area (Å²) in [6, 6.07) is 6.15. The van der Waals surface area contributed by atoms with E-state index in [1.54, 1.807) is 6.07 Å². The van der Waals surface area contributed by atoms with Gasteiger partial charge in [-0.15, -0.1) is 0 Å². The summed E-state index contributed by atoms with van der Waals surface area (Å²) in [7, 11) is 0. The molecule has 0 aromatic heterocycles. The van der Waals surface area contributed by atoms with E-state index < -0.39 is 0 Å². The molecule has 81 valence electrons. The van der Waals surface area contributed by atoms with Crippen LogP contribution < -0.4 is 0 Å². The van der Waals surface area contributed by atoms with Gasteiger partial charge < -0.3 is 0 Å². The van der Waals surface area contributed by atoms with Crippen LogP contribution in [0.4, 0.5) is 0 Å². The molecule has 0 unspecified atom stereocenters. The third-order valence-corrected chi connectivity index (χ3v) is 3.34. The highest BCUT2D eigenvalue weighted by Crippen LogP contribution is 2.28. The third-order valence-electron chi connectivity index (χ3n) is 2.90. The molecule has 1 heterocycles. The molecule has 2 rings (SSSR count). The molecule has 3 heteroatoms. The predicted molar refractivity (Wildman–Crippen MR) is 65.4 cm³/mol. The second kappa shape index (κ2) is 4.73. The van der Waals surface area contributed by atoms with Gasteiger partial charge in [-0.2, -0.15) is 0 Å². The first kappa shape index (κ1) is 11.3. The van der Waals surface area contributed by atoms with E-state index in [9.17, 15) is 0 Å². The summed E-state index contributed by atoms with van der Waals surface area (Å²) in [6.45, 7) is 4.39. The summed E-state index contributed by atoms with van der Waals surface area (Å²) >= 11 is 12.0. The van der Waals surface area contributed by atoms with Crippen molar-refractivity contribution in [1.82, 2.24) is 4.90 Å². The molecule has 0 amide bonds. The van der Waals surface area contributed by atoms with Gasteiger partial charge in [-0.1, -0.05) is 23.2 Å². The highest BCUT2D eigenvalue weighted by Gasteiger charge is 2.19. The Kier molecular flexibility index (Phi) is 3.55. The smallest absolute Gasteiger partial charge is 0.0424 e. The lowest BCUT2D eigenvalue weighted by atomic mass is 10.1. The Bertz CT molecular complexity index is 325. The van der Waals surface area contributed by atoms with Crippen LogP contribution in [0.5, 0.6) is 0 Å². The quantitative estimate of drug-likeness (QED) is 0.759. The van der Waals surface area contributed by atoms with Crippen LogP contribution in [-0.2, 0) is 0 Å². The van der Waals surface area contributed by atoms with Crippen LogP contribution in [0.2, 0.25) is 10.0 Å². The van der Waals surface area contributed by atoms with Crippen molar-refractivity contribution in [3.8, 4) is 0 Å². The largest absolute Gasteiger partial charge is 0.296 e. The van der Waals surface area contributed by atoms with E-state index >= 15 is 0 Å². The topological polar surface area (TPSA) is 3.24 Å². The molecule has 1 fully saturated rings. The predicted octanol–water partition coefficient (Wildman–Crippen LogP) is 3.96. The Balaban J connectivity index is 2.20. The highest BCUT2D eigenvalue weighted by molar-refractivity contribution is 6.34. The molecular formula is C12H14Cl2N. The van der Waals surface area contributed by atoms with Gasteiger partial charge in [0.15, 0.2) is 0 Å². The van der Waals surface area contributed by atoms with Crippen LogP contribution >= 0.6 is 23.2 Å². The molecule has 0 bridgehead atoms. The fourth-order valence-corrected chi connectivity index (χ4v) is 2.53. The van der Waals surface area contributed by atoms with E-state index in [0.29, 0.717) is 16.1 Å². The molecular weight excluding hydrogens is 229 g/mol. The maximum absolute atomic E-state index is 5.99. The number of benzene rings is 1.